The van der Waals surface area contributed by atoms with Gasteiger partial charge in [0.25, 0.3) is 5.91 Å². The first-order valence-corrected chi connectivity index (χ1v) is 9.28. The topological polar surface area (TPSA) is 71.2 Å². The molecule has 5 nitrogen and oxygen atoms in total. The number of benzene rings is 2. The molecule has 1 heterocycles. The predicted octanol–water partition coefficient (Wildman–Crippen LogP) is 4.15. The number of hydrogen-bond donors (Lipinski definition) is 2. The highest BCUT2D eigenvalue weighted by molar-refractivity contribution is 5.98. The summed E-state index contributed by atoms with van der Waals surface area (Å²) in [6.07, 6.45) is 4.47. The summed E-state index contributed by atoms with van der Waals surface area (Å²) in [5.74, 6) is -0.833. The minimum atomic E-state index is -0.484. The van der Waals surface area contributed by atoms with Gasteiger partial charge in [-0.25, -0.2) is 4.79 Å². The molecular weight excluding hydrogens is 340 g/mol. The van der Waals surface area contributed by atoms with E-state index in [1.807, 2.05) is 43.3 Å². The van der Waals surface area contributed by atoms with Crippen LogP contribution in [0.2, 0.25) is 0 Å². The fourth-order valence-corrected chi connectivity index (χ4v) is 3.65. The number of hydrogen-bond acceptors (Lipinski definition) is 3. The number of ether oxygens (including phenoxy) is 1. The van der Waals surface area contributed by atoms with E-state index in [1.54, 1.807) is 6.07 Å². The van der Waals surface area contributed by atoms with E-state index in [0.29, 0.717) is 5.56 Å². The quantitative estimate of drug-likeness (QED) is 0.685. The Kier molecular flexibility index (Phi) is 4.67. The third kappa shape index (κ3) is 3.58. The number of rotatable bonds is 4. The standard InChI is InChI=1S/C22H22N2O3/c1-14-6-2-4-8-18(14)24-21(25)13-27-22(26)15-10-11-20-17(12-15)16-7-3-5-9-19(16)23-20/h2,4,6,8,10-12,23H,3,5,7,9,13H2,1H3,(H,24,25). The minimum absolute atomic E-state index is 0.309. The molecule has 1 amide bonds. The number of carbonyl (C=O) groups excluding carboxylic acids is 2. The minimum Gasteiger partial charge on any atom is -0.452 e. The number of anilines is 1. The molecule has 0 saturated heterocycles. The molecule has 27 heavy (non-hydrogen) atoms. The van der Waals surface area contributed by atoms with Crippen molar-refractivity contribution in [3.05, 3.63) is 64.8 Å². The number of aromatic amines is 1. The zero-order chi connectivity index (χ0) is 18.8. The van der Waals surface area contributed by atoms with Crippen LogP contribution in [-0.2, 0) is 22.4 Å². The Morgan fingerprint density at radius 3 is 2.78 bits per heavy atom. The molecule has 0 spiro atoms. The lowest BCUT2D eigenvalue weighted by Crippen LogP contribution is -2.21. The molecule has 1 aromatic heterocycles. The first-order valence-electron chi connectivity index (χ1n) is 9.28. The van der Waals surface area contributed by atoms with Crippen molar-refractivity contribution in [2.45, 2.75) is 32.6 Å². The van der Waals surface area contributed by atoms with Crippen LogP contribution in [0, 0.1) is 6.92 Å². The fourth-order valence-electron chi connectivity index (χ4n) is 3.65. The van der Waals surface area contributed by atoms with E-state index >= 15 is 0 Å². The average Bonchev–Trinajstić information content (AvgIpc) is 3.06. The molecular formula is C22H22N2O3. The number of aryl methyl sites for hydroxylation is 3. The van der Waals surface area contributed by atoms with Crippen molar-refractivity contribution >= 4 is 28.5 Å². The number of amides is 1. The normalized spacial score (nSPS) is 13.2. The number of H-pyrrole nitrogens is 1. The van der Waals surface area contributed by atoms with Crippen LogP contribution >= 0.6 is 0 Å². The van der Waals surface area contributed by atoms with E-state index in [2.05, 4.69) is 10.3 Å². The second kappa shape index (κ2) is 7.27. The van der Waals surface area contributed by atoms with E-state index < -0.39 is 5.97 Å². The molecule has 2 N–H and O–H groups in total. The van der Waals surface area contributed by atoms with Crippen molar-refractivity contribution < 1.29 is 14.3 Å². The van der Waals surface area contributed by atoms with Crippen LogP contribution < -0.4 is 5.32 Å². The maximum atomic E-state index is 12.4. The van der Waals surface area contributed by atoms with Crippen molar-refractivity contribution in [2.24, 2.45) is 0 Å². The van der Waals surface area contributed by atoms with Crippen LogP contribution in [0.25, 0.3) is 10.9 Å². The molecule has 0 radical (unpaired) electrons. The summed E-state index contributed by atoms with van der Waals surface area (Å²) in [6, 6.07) is 13.0. The van der Waals surface area contributed by atoms with Gasteiger partial charge in [0, 0.05) is 22.3 Å². The van der Waals surface area contributed by atoms with Crippen molar-refractivity contribution in [1.82, 2.24) is 4.98 Å². The molecule has 2 aromatic carbocycles. The molecule has 4 rings (SSSR count). The lowest BCUT2D eigenvalue weighted by molar-refractivity contribution is -0.119. The van der Waals surface area contributed by atoms with Crippen molar-refractivity contribution in [3.8, 4) is 0 Å². The first-order chi connectivity index (χ1) is 13.1. The highest BCUT2D eigenvalue weighted by Gasteiger charge is 2.17. The number of fused-ring (bicyclic) bond motifs is 3. The summed E-state index contributed by atoms with van der Waals surface area (Å²) in [5.41, 5.74) is 5.79. The van der Waals surface area contributed by atoms with Gasteiger partial charge in [-0.2, -0.15) is 0 Å². The number of carbonyl (C=O) groups is 2. The molecule has 0 atom stereocenters. The summed E-state index contributed by atoms with van der Waals surface area (Å²) in [6.45, 7) is 1.60. The van der Waals surface area contributed by atoms with Crippen LogP contribution in [0.3, 0.4) is 0 Å². The van der Waals surface area contributed by atoms with Gasteiger partial charge < -0.3 is 15.0 Å². The van der Waals surface area contributed by atoms with Crippen LogP contribution in [0.5, 0.6) is 0 Å². The van der Waals surface area contributed by atoms with Crippen LogP contribution in [0.1, 0.15) is 40.0 Å². The fraction of sp³-hybridized carbons (Fsp3) is 0.273. The summed E-state index contributed by atoms with van der Waals surface area (Å²) < 4.78 is 5.21. The summed E-state index contributed by atoms with van der Waals surface area (Å²) in [7, 11) is 0. The summed E-state index contributed by atoms with van der Waals surface area (Å²) >= 11 is 0. The zero-order valence-electron chi connectivity index (χ0n) is 15.3. The van der Waals surface area contributed by atoms with Gasteiger partial charge in [0.15, 0.2) is 6.61 Å². The van der Waals surface area contributed by atoms with Crippen LogP contribution in [0.15, 0.2) is 42.5 Å². The number of nitrogens with one attached hydrogen (secondary N) is 2. The third-order valence-corrected chi connectivity index (χ3v) is 5.09. The Morgan fingerprint density at radius 1 is 1.11 bits per heavy atom. The lowest BCUT2D eigenvalue weighted by atomic mass is 9.95. The maximum absolute atomic E-state index is 12.4. The number of aromatic nitrogens is 1. The van der Waals surface area contributed by atoms with Gasteiger partial charge in [0.05, 0.1) is 5.56 Å². The lowest BCUT2D eigenvalue weighted by Gasteiger charge is -2.11. The predicted molar refractivity (Wildman–Crippen MR) is 105 cm³/mol. The number of para-hydroxylation sites is 1. The molecule has 0 bridgehead atoms. The van der Waals surface area contributed by atoms with Crippen molar-refractivity contribution in [3.63, 3.8) is 0 Å². The summed E-state index contributed by atoms with van der Waals surface area (Å²) in [4.78, 5) is 27.9. The van der Waals surface area contributed by atoms with E-state index in [4.69, 9.17) is 4.74 Å². The Labute approximate surface area is 157 Å². The molecule has 0 fully saturated rings. The number of esters is 1. The van der Waals surface area contributed by atoms with Crippen molar-refractivity contribution in [1.29, 1.82) is 0 Å². The third-order valence-electron chi connectivity index (χ3n) is 5.09. The zero-order valence-corrected chi connectivity index (χ0v) is 15.3. The van der Waals surface area contributed by atoms with Crippen LogP contribution in [-0.4, -0.2) is 23.5 Å². The SMILES string of the molecule is Cc1ccccc1NC(=O)COC(=O)c1ccc2[nH]c3c(c2c1)CCCC3. The second-order valence-corrected chi connectivity index (χ2v) is 6.99. The summed E-state index contributed by atoms with van der Waals surface area (Å²) in [5, 5.41) is 3.85. The van der Waals surface area contributed by atoms with E-state index in [-0.39, 0.29) is 12.5 Å². The van der Waals surface area contributed by atoms with Crippen LogP contribution in [0.4, 0.5) is 5.69 Å². The van der Waals surface area contributed by atoms with Gasteiger partial charge in [-0.05, 0) is 68.0 Å². The Hall–Kier alpha value is -3.08. The first kappa shape index (κ1) is 17.3. The molecule has 3 aromatic rings. The van der Waals surface area contributed by atoms with E-state index in [1.165, 1.54) is 24.1 Å². The molecule has 0 unspecified atom stereocenters. The van der Waals surface area contributed by atoms with Gasteiger partial charge in [-0.3, -0.25) is 4.79 Å². The Bertz CT molecular complexity index is 1020. The molecule has 5 heteroatoms. The maximum Gasteiger partial charge on any atom is 0.338 e. The smallest absolute Gasteiger partial charge is 0.338 e. The largest absolute Gasteiger partial charge is 0.452 e. The molecule has 138 valence electrons. The molecule has 0 aliphatic heterocycles. The van der Waals surface area contributed by atoms with Gasteiger partial charge in [-0.1, -0.05) is 18.2 Å². The van der Waals surface area contributed by atoms with E-state index in [0.717, 1.165) is 35.0 Å². The highest BCUT2D eigenvalue weighted by atomic mass is 16.5. The Balaban J connectivity index is 1.43. The van der Waals surface area contributed by atoms with E-state index in [9.17, 15) is 9.59 Å². The monoisotopic (exact) mass is 362 g/mol. The average molecular weight is 362 g/mol. The van der Waals surface area contributed by atoms with Crippen molar-refractivity contribution in [2.75, 3.05) is 11.9 Å². The molecule has 0 saturated carbocycles. The van der Waals surface area contributed by atoms with Gasteiger partial charge >= 0.3 is 5.97 Å². The van der Waals surface area contributed by atoms with Gasteiger partial charge in [-0.15, -0.1) is 0 Å². The van der Waals surface area contributed by atoms with Gasteiger partial charge in [0.2, 0.25) is 0 Å². The Morgan fingerprint density at radius 2 is 1.93 bits per heavy atom. The molecule has 1 aliphatic rings. The highest BCUT2D eigenvalue weighted by Crippen LogP contribution is 2.29. The molecule has 1 aliphatic carbocycles. The second-order valence-electron chi connectivity index (χ2n) is 6.99. The van der Waals surface area contributed by atoms with Gasteiger partial charge in [0.1, 0.15) is 0 Å².